The van der Waals surface area contributed by atoms with Crippen molar-refractivity contribution in [1.29, 1.82) is 0 Å². The van der Waals surface area contributed by atoms with E-state index in [1.54, 1.807) is 0 Å². The molecule has 0 aromatic heterocycles. The van der Waals surface area contributed by atoms with Gasteiger partial charge in [0.25, 0.3) is 0 Å². The molecule has 0 aliphatic rings. The van der Waals surface area contributed by atoms with Crippen LogP contribution in [-0.2, 0) is 19.1 Å². The van der Waals surface area contributed by atoms with Crippen molar-refractivity contribution in [2.45, 2.75) is 264 Å². The molecule has 0 aliphatic carbocycles. The maximum Gasteiger partial charge on any atom is 0.306 e. The van der Waals surface area contributed by atoms with E-state index in [-0.39, 0.29) is 25.2 Å². The maximum absolute atomic E-state index is 12.3. The van der Waals surface area contributed by atoms with E-state index >= 15 is 0 Å². The van der Waals surface area contributed by atoms with Crippen molar-refractivity contribution in [3.05, 3.63) is 97.2 Å². The summed E-state index contributed by atoms with van der Waals surface area (Å²) in [6.45, 7) is 4.03. The average Bonchev–Trinajstić information content (AvgIpc) is 3.32. The van der Waals surface area contributed by atoms with Crippen LogP contribution in [0.4, 0.5) is 0 Å². The van der Waals surface area contributed by atoms with Crippen molar-refractivity contribution in [3.63, 3.8) is 0 Å². The highest BCUT2D eigenvalue weighted by Gasteiger charge is 2.16. The Morgan fingerprint density at radius 1 is 0.364 bits per heavy atom. The van der Waals surface area contributed by atoms with Crippen LogP contribution in [0, 0.1) is 0 Å². The lowest BCUT2D eigenvalue weighted by Gasteiger charge is -2.15. The molecule has 0 aromatic rings. The molecule has 5 nitrogen and oxygen atoms in total. The summed E-state index contributed by atoms with van der Waals surface area (Å²) in [5, 5.41) is 9.65. The molecule has 1 N–H and O–H groups in total. The average molecular weight is 917 g/mol. The van der Waals surface area contributed by atoms with Gasteiger partial charge in [0, 0.05) is 12.8 Å². The van der Waals surface area contributed by atoms with Crippen LogP contribution < -0.4 is 0 Å². The van der Waals surface area contributed by atoms with E-state index in [1.807, 2.05) is 0 Å². The first-order valence-corrected chi connectivity index (χ1v) is 27.8. The van der Waals surface area contributed by atoms with Crippen LogP contribution >= 0.6 is 0 Å². The third-order valence-corrected chi connectivity index (χ3v) is 11.9. The second-order valence-corrected chi connectivity index (χ2v) is 18.3. The minimum Gasteiger partial charge on any atom is -0.462 e. The summed E-state index contributed by atoms with van der Waals surface area (Å²) in [6, 6.07) is 0. The predicted octanol–water partition coefficient (Wildman–Crippen LogP) is 18.7. The van der Waals surface area contributed by atoms with Gasteiger partial charge in [-0.2, -0.15) is 0 Å². The normalized spacial score (nSPS) is 13.0. The summed E-state index contributed by atoms with van der Waals surface area (Å²) in [7, 11) is 0. The molecule has 0 bridgehead atoms. The van der Waals surface area contributed by atoms with Gasteiger partial charge in [0.1, 0.15) is 6.61 Å². The predicted molar refractivity (Wildman–Crippen MR) is 288 cm³/mol. The van der Waals surface area contributed by atoms with Gasteiger partial charge in [0.15, 0.2) is 6.10 Å². The standard InChI is InChI=1S/C61H104O5/c1-3-5-7-9-11-13-15-17-19-21-23-25-27-28-29-30-31-32-34-36-38-40-42-44-46-48-50-52-54-56-61(64)66-59(57-62)58-65-60(63)55-53-51-49-47-45-43-41-39-37-35-33-26-24-22-20-18-16-14-12-10-8-6-4-2/h5,7,11,13,17,19,23,25,28-29,31-32,36,38,42,44,59,62H,3-4,6,8-10,12,14-16,18,20-22,24,26-27,30,33-35,37,39-41,43,45-58H2,1-2H3/b7-5-,13-11-,19-17-,25-23-,29-28-,32-31-,38-36-,44-42-. The van der Waals surface area contributed by atoms with Crippen molar-refractivity contribution in [2.75, 3.05) is 13.2 Å². The van der Waals surface area contributed by atoms with Crippen LogP contribution in [0.3, 0.4) is 0 Å². The highest BCUT2D eigenvalue weighted by atomic mass is 16.6. The second-order valence-electron chi connectivity index (χ2n) is 18.3. The Morgan fingerprint density at radius 3 is 0.985 bits per heavy atom. The smallest absolute Gasteiger partial charge is 0.306 e. The summed E-state index contributed by atoms with van der Waals surface area (Å²) in [5.74, 6) is -0.616. The number of allylic oxidation sites excluding steroid dienone is 16. The fraction of sp³-hybridized carbons (Fsp3) is 0.705. The van der Waals surface area contributed by atoms with Crippen LogP contribution in [0.1, 0.15) is 258 Å². The lowest BCUT2D eigenvalue weighted by molar-refractivity contribution is -0.161. The van der Waals surface area contributed by atoms with E-state index in [1.165, 1.54) is 128 Å². The van der Waals surface area contributed by atoms with Gasteiger partial charge in [-0.25, -0.2) is 0 Å². The fourth-order valence-corrected chi connectivity index (χ4v) is 7.75. The summed E-state index contributed by atoms with van der Waals surface area (Å²) in [5.41, 5.74) is 0. The minimum atomic E-state index is -0.791. The number of carbonyl (C=O) groups is 2. The van der Waals surface area contributed by atoms with E-state index < -0.39 is 6.10 Å². The lowest BCUT2D eigenvalue weighted by atomic mass is 10.0. The first kappa shape index (κ1) is 62.8. The highest BCUT2D eigenvalue weighted by Crippen LogP contribution is 2.16. The molecule has 0 saturated carbocycles. The first-order chi connectivity index (χ1) is 32.6. The van der Waals surface area contributed by atoms with Gasteiger partial charge >= 0.3 is 11.9 Å². The van der Waals surface area contributed by atoms with Crippen molar-refractivity contribution < 1.29 is 24.2 Å². The Balaban J connectivity index is 3.58. The quantitative estimate of drug-likeness (QED) is 0.0374. The monoisotopic (exact) mass is 917 g/mol. The lowest BCUT2D eigenvalue weighted by Crippen LogP contribution is -2.28. The van der Waals surface area contributed by atoms with Crippen molar-refractivity contribution >= 4 is 11.9 Å². The van der Waals surface area contributed by atoms with Gasteiger partial charge in [-0.05, 0) is 77.0 Å². The van der Waals surface area contributed by atoms with Crippen LogP contribution in [0.25, 0.3) is 0 Å². The molecule has 0 fully saturated rings. The van der Waals surface area contributed by atoms with Gasteiger partial charge in [0.05, 0.1) is 6.61 Å². The summed E-state index contributed by atoms with van der Waals surface area (Å²) in [6.07, 6.45) is 79.4. The molecule has 1 unspecified atom stereocenters. The zero-order chi connectivity index (χ0) is 47.7. The van der Waals surface area contributed by atoms with Gasteiger partial charge in [-0.1, -0.05) is 265 Å². The molecule has 0 aliphatic heterocycles. The van der Waals surface area contributed by atoms with Crippen molar-refractivity contribution in [2.24, 2.45) is 0 Å². The second kappa shape index (κ2) is 56.1. The van der Waals surface area contributed by atoms with Crippen LogP contribution in [-0.4, -0.2) is 36.4 Å². The first-order valence-electron chi connectivity index (χ1n) is 27.8. The van der Waals surface area contributed by atoms with E-state index in [2.05, 4.69) is 111 Å². The van der Waals surface area contributed by atoms with Gasteiger partial charge in [-0.3, -0.25) is 9.59 Å². The summed E-state index contributed by atoms with van der Waals surface area (Å²) in [4.78, 5) is 24.5. The summed E-state index contributed by atoms with van der Waals surface area (Å²) >= 11 is 0. The Hall–Kier alpha value is -3.18. The number of carbonyl (C=O) groups excluding carboxylic acids is 2. The maximum atomic E-state index is 12.3. The Kier molecular flexibility index (Phi) is 53.4. The Bertz CT molecular complexity index is 1270. The molecule has 0 radical (unpaired) electrons. The van der Waals surface area contributed by atoms with Crippen molar-refractivity contribution in [1.82, 2.24) is 0 Å². The molecule has 0 heterocycles. The number of unbranched alkanes of at least 4 members (excludes halogenated alkanes) is 26. The molecule has 0 aromatic carbocycles. The van der Waals surface area contributed by atoms with E-state index in [0.29, 0.717) is 12.8 Å². The van der Waals surface area contributed by atoms with E-state index in [4.69, 9.17) is 9.47 Å². The van der Waals surface area contributed by atoms with Gasteiger partial charge < -0.3 is 14.6 Å². The number of rotatable bonds is 50. The van der Waals surface area contributed by atoms with E-state index in [0.717, 1.165) is 103 Å². The Morgan fingerprint density at radius 2 is 0.652 bits per heavy atom. The Labute approximate surface area is 408 Å². The number of hydrogen-bond donors (Lipinski definition) is 1. The summed E-state index contributed by atoms with van der Waals surface area (Å²) < 4.78 is 10.7. The molecule has 0 saturated heterocycles. The number of aliphatic hydroxyl groups is 1. The molecular formula is C61H104O5. The number of hydrogen-bond acceptors (Lipinski definition) is 5. The molecule has 0 spiro atoms. The van der Waals surface area contributed by atoms with Gasteiger partial charge in [0.2, 0.25) is 0 Å². The topological polar surface area (TPSA) is 72.8 Å². The molecule has 5 heteroatoms. The molecule has 378 valence electrons. The highest BCUT2D eigenvalue weighted by molar-refractivity contribution is 5.70. The molecule has 0 rings (SSSR count). The molecule has 0 amide bonds. The minimum absolute atomic E-state index is 0.0789. The fourth-order valence-electron chi connectivity index (χ4n) is 7.75. The molecule has 66 heavy (non-hydrogen) atoms. The molecule has 1 atom stereocenters. The van der Waals surface area contributed by atoms with Gasteiger partial charge in [-0.15, -0.1) is 0 Å². The third kappa shape index (κ3) is 53.4. The number of aliphatic hydroxyl groups excluding tert-OH is 1. The molecular weight excluding hydrogens is 813 g/mol. The van der Waals surface area contributed by atoms with Crippen LogP contribution in [0.2, 0.25) is 0 Å². The zero-order valence-corrected chi connectivity index (χ0v) is 43.2. The SMILES string of the molecule is CC/C=C\C/C=C\C/C=C\C/C=C\C/C=C\C/C=C\C/C=C\C/C=C\CCCCCCC(=O)OC(CO)COC(=O)CCCCCCCCCCCCCCCCCCCCCCCCC. The third-order valence-electron chi connectivity index (χ3n) is 11.9. The largest absolute Gasteiger partial charge is 0.462 e. The zero-order valence-electron chi connectivity index (χ0n) is 43.2. The number of ether oxygens (including phenoxy) is 2. The van der Waals surface area contributed by atoms with Crippen LogP contribution in [0.15, 0.2) is 97.2 Å². The van der Waals surface area contributed by atoms with Crippen LogP contribution in [0.5, 0.6) is 0 Å². The number of esters is 2. The van der Waals surface area contributed by atoms with Crippen molar-refractivity contribution in [3.8, 4) is 0 Å². The van der Waals surface area contributed by atoms with E-state index in [9.17, 15) is 14.7 Å².